The number of phenols is 1. The Bertz CT molecular complexity index is 402. The summed E-state index contributed by atoms with van der Waals surface area (Å²) < 4.78 is 10.4. The number of carboxylic acids is 1. The van der Waals surface area contributed by atoms with Crippen LogP contribution in [0.3, 0.4) is 0 Å². The van der Waals surface area contributed by atoms with Gasteiger partial charge < -0.3 is 16.5 Å². The summed E-state index contributed by atoms with van der Waals surface area (Å²) in [4.78, 5) is 21.1. The minimum Gasteiger partial charge on any atom is -1.00 e. The SMILES string of the molecule is O=C(O)C(Cc1ccc(O)cc1)N[P+](=O)[O-].[H-].[Na+]. The predicted molar refractivity (Wildman–Crippen MR) is 55.1 cm³/mol. The molecule has 0 aromatic heterocycles. The van der Waals surface area contributed by atoms with E-state index < -0.39 is 20.2 Å². The van der Waals surface area contributed by atoms with Gasteiger partial charge in [0.2, 0.25) is 0 Å². The average Bonchev–Trinajstić information content (AvgIpc) is 2.19. The van der Waals surface area contributed by atoms with Crippen molar-refractivity contribution in [3.8, 4) is 5.75 Å². The molecule has 0 bridgehead atoms. The Morgan fingerprint density at radius 2 is 2.00 bits per heavy atom. The van der Waals surface area contributed by atoms with Crippen LogP contribution in [0.4, 0.5) is 0 Å². The van der Waals surface area contributed by atoms with Gasteiger partial charge in [-0.2, -0.15) is 0 Å². The van der Waals surface area contributed by atoms with E-state index in [1.54, 1.807) is 0 Å². The number of carboxylic acid groups (broad SMARTS) is 1. The van der Waals surface area contributed by atoms with Crippen LogP contribution < -0.4 is 39.5 Å². The molecule has 0 spiro atoms. The van der Waals surface area contributed by atoms with Crippen LogP contribution in [0.5, 0.6) is 5.75 Å². The normalized spacial score (nSPS) is 12.4. The number of benzene rings is 1. The van der Waals surface area contributed by atoms with Crippen molar-refractivity contribution in [3.63, 3.8) is 0 Å². The van der Waals surface area contributed by atoms with Gasteiger partial charge in [-0.15, -0.1) is 0 Å². The van der Waals surface area contributed by atoms with Crippen molar-refractivity contribution in [1.29, 1.82) is 0 Å². The summed E-state index contributed by atoms with van der Waals surface area (Å²) in [6, 6.07) is 4.69. The number of phenolic OH excluding ortho intramolecular Hbond substituents is 1. The van der Waals surface area contributed by atoms with Crippen molar-refractivity contribution >= 4 is 14.1 Å². The van der Waals surface area contributed by atoms with E-state index in [1.165, 1.54) is 24.3 Å². The predicted octanol–water partition coefficient (Wildman–Crippen LogP) is -2.89. The van der Waals surface area contributed by atoms with Crippen molar-refractivity contribution in [2.24, 2.45) is 0 Å². The fourth-order valence-electron chi connectivity index (χ4n) is 1.18. The molecule has 0 aliphatic rings. The smallest absolute Gasteiger partial charge is 1.00 e. The summed E-state index contributed by atoms with van der Waals surface area (Å²) in [6.45, 7) is 0. The van der Waals surface area contributed by atoms with Crippen molar-refractivity contribution in [3.05, 3.63) is 29.8 Å². The summed E-state index contributed by atoms with van der Waals surface area (Å²) >= 11 is 0. The third kappa shape index (κ3) is 6.12. The molecule has 1 rings (SSSR count). The molecular weight excluding hydrogens is 256 g/mol. The first-order chi connectivity index (χ1) is 7.49. The third-order valence-corrected chi connectivity index (χ3v) is 2.46. The molecule has 3 N–H and O–H groups in total. The summed E-state index contributed by atoms with van der Waals surface area (Å²) in [5, 5.41) is 19.7. The molecule has 0 fully saturated rings. The van der Waals surface area contributed by atoms with E-state index in [-0.39, 0.29) is 43.2 Å². The summed E-state index contributed by atoms with van der Waals surface area (Å²) in [6.07, 6.45) is 0.0267. The number of rotatable bonds is 5. The van der Waals surface area contributed by atoms with Gasteiger partial charge in [0.1, 0.15) is 5.75 Å². The second-order valence-corrected chi connectivity index (χ2v) is 3.92. The Hall–Kier alpha value is -0.490. The zero-order chi connectivity index (χ0) is 12.1. The second kappa shape index (κ2) is 7.76. The molecule has 0 saturated carbocycles. The number of aliphatic carboxylic acids is 1. The molecule has 0 aliphatic carbocycles. The molecule has 8 heteroatoms. The average molecular weight is 267 g/mol. The van der Waals surface area contributed by atoms with Gasteiger partial charge in [0, 0.05) is 6.42 Å². The molecule has 1 aromatic carbocycles. The fourth-order valence-corrected chi connectivity index (χ4v) is 1.64. The van der Waals surface area contributed by atoms with Gasteiger partial charge in [-0.05, 0) is 17.7 Å². The van der Waals surface area contributed by atoms with E-state index >= 15 is 0 Å². The van der Waals surface area contributed by atoms with Crippen LogP contribution in [0.2, 0.25) is 0 Å². The maximum atomic E-state index is 10.7. The van der Waals surface area contributed by atoms with Crippen LogP contribution in [-0.2, 0) is 15.8 Å². The van der Waals surface area contributed by atoms with E-state index in [2.05, 4.69) is 0 Å². The first kappa shape index (κ1) is 16.5. The number of hydrogen-bond donors (Lipinski definition) is 3. The largest absolute Gasteiger partial charge is 1.00 e. The van der Waals surface area contributed by atoms with Crippen molar-refractivity contribution in [2.45, 2.75) is 12.5 Å². The molecular formula is C9H11NNaO5P. The van der Waals surface area contributed by atoms with Crippen molar-refractivity contribution < 1.29 is 55.4 Å². The number of nitrogens with one attached hydrogen (secondary N) is 1. The zero-order valence-corrected chi connectivity index (χ0v) is 12.1. The molecule has 17 heavy (non-hydrogen) atoms. The maximum Gasteiger partial charge on any atom is 1.00 e. The van der Waals surface area contributed by atoms with Gasteiger partial charge in [0.15, 0.2) is 6.04 Å². The summed E-state index contributed by atoms with van der Waals surface area (Å²) in [7, 11) is -2.95. The van der Waals surface area contributed by atoms with Crippen molar-refractivity contribution in [1.82, 2.24) is 5.09 Å². The van der Waals surface area contributed by atoms with E-state index in [4.69, 9.17) is 10.2 Å². The van der Waals surface area contributed by atoms with E-state index in [1.807, 2.05) is 5.09 Å². The van der Waals surface area contributed by atoms with Crippen LogP contribution in [-0.4, -0.2) is 22.2 Å². The van der Waals surface area contributed by atoms with Gasteiger partial charge in [0.25, 0.3) is 0 Å². The molecule has 2 unspecified atom stereocenters. The monoisotopic (exact) mass is 267 g/mol. The van der Waals surface area contributed by atoms with Crippen LogP contribution in [0.15, 0.2) is 24.3 Å². The molecule has 0 aliphatic heterocycles. The Balaban J connectivity index is 0. The van der Waals surface area contributed by atoms with Gasteiger partial charge in [-0.3, -0.25) is 4.79 Å². The summed E-state index contributed by atoms with van der Waals surface area (Å²) in [5.41, 5.74) is 0.620. The minimum atomic E-state index is -2.95. The van der Waals surface area contributed by atoms with Crippen LogP contribution >= 0.6 is 8.18 Å². The number of hydrogen-bond acceptors (Lipinski definition) is 4. The van der Waals surface area contributed by atoms with Gasteiger partial charge >= 0.3 is 43.7 Å². The molecule has 6 nitrogen and oxygen atoms in total. The van der Waals surface area contributed by atoms with E-state index in [9.17, 15) is 14.3 Å². The molecule has 0 amide bonds. The molecule has 2 atom stereocenters. The van der Waals surface area contributed by atoms with Crippen LogP contribution in [0, 0.1) is 0 Å². The molecule has 0 saturated heterocycles. The first-order valence-electron chi connectivity index (χ1n) is 4.40. The van der Waals surface area contributed by atoms with E-state index in [0.29, 0.717) is 5.56 Å². The molecule has 0 radical (unpaired) electrons. The topological polar surface area (TPSA) is 110 Å². The second-order valence-electron chi connectivity index (χ2n) is 3.15. The van der Waals surface area contributed by atoms with Gasteiger partial charge in [0.05, 0.1) is 0 Å². The first-order valence-corrected chi connectivity index (χ1v) is 5.58. The van der Waals surface area contributed by atoms with Gasteiger partial charge in [-0.1, -0.05) is 21.8 Å². The van der Waals surface area contributed by atoms with Crippen LogP contribution in [0.1, 0.15) is 6.99 Å². The van der Waals surface area contributed by atoms with Crippen molar-refractivity contribution in [2.75, 3.05) is 0 Å². The number of aromatic hydroxyl groups is 1. The quantitative estimate of drug-likeness (QED) is 0.390. The third-order valence-electron chi connectivity index (χ3n) is 1.94. The Morgan fingerprint density at radius 3 is 2.41 bits per heavy atom. The Labute approximate surface area is 122 Å². The Morgan fingerprint density at radius 1 is 1.47 bits per heavy atom. The fraction of sp³-hybridized carbons (Fsp3) is 0.222. The number of carbonyl (C=O) groups is 1. The van der Waals surface area contributed by atoms with Gasteiger partial charge in [-0.25, -0.2) is 0 Å². The standard InChI is InChI=1S/C9H10NO5P.Na.H/c11-7-3-1-6(2-4-7)5-8(9(12)13)10-16(14)15;;/h1-4,8,11H,5H2,(H,12,13)(H,10,14,15);;/q;+1;-1. The maximum absolute atomic E-state index is 10.7. The van der Waals surface area contributed by atoms with E-state index in [0.717, 1.165) is 0 Å². The van der Waals surface area contributed by atoms with Crippen LogP contribution in [0.25, 0.3) is 0 Å². The molecule has 0 heterocycles. The molecule has 1 aromatic rings. The minimum absolute atomic E-state index is 0. The Kier molecular flexibility index (Phi) is 7.54. The zero-order valence-electron chi connectivity index (χ0n) is 10.2. The molecule has 88 valence electrons. The summed E-state index contributed by atoms with van der Waals surface area (Å²) in [5.74, 6) is -1.18.